The summed E-state index contributed by atoms with van der Waals surface area (Å²) >= 11 is 1.80. The normalized spacial score (nSPS) is 30.9. The van der Waals surface area contributed by atoms with Crippen LogP contribution in [0.15, 0.2) is 36.4 Å². The summed E-state index contributed by atoms with van der Waals surface area (Å²) in [5.74, 6) is 0.725. The van der Waals surface area contributed by atoms with Crippen molar-refractivity contribution < 1.29 is 54.1 Å². The third kappa shape index (κ3) is 4.36. The Morgan fingerprint density at radius 2 is 1.77 bits per heavy atom. The molecular weight excluding hydrogens is 694 g/mol. The van der Waals surface area contributed by atoms with E-state index >= 15 is 0 Å². The van der Waals surface area contributed by atoms with Crippen LogP contribution in [-0.4, -0.2) is 102 Å². The molecule has 1 amide bonds. The molecule has 2 fully saturated rings. The number of amides is 1. The van der Waals surface area contributed by atoms with Crippen LogP contribution in [0.1, 0.15) is 53.5 Å². The van der Waals surface area contributed by atoms with E-state index in [4.69, 9.17) is 18.9 Å². The van der Waals surface area contributed by atoms with Crippen LogP contribution >= 0.6 is 11.8 Å². The second-order valence-electron chi connectivity index (χ2n) is 14.1. The number of benzene rings is 3. The summed E-state index contributed by atoms with van der Waals surface area (Å²) in [6.45, 7) is 3.38. The van der Waals surface area contributed by atoms with E-state index in [9.17, 15) is 35.1 Å². The molecule has 4 aliphatic rings. The highest BCUT2D eigenvalue weighted by Crippen LogP contribution is 2.58. The van der Waals surface area contributed by atoms with Crippen molar-refractivity contribution in [2.45, 2.75) is 87.4 Å². The number of esters is 1. The molecule has 15 heteroatoms. The van der Waals surface area contributed by atoms with Crippen molar-refractivity contribution in [1.82, 2.24) is 14.5 Å². The lowest BCUT2D eigenvalue weighted by Gasteiger charge is -2.39. The van der Waals surface area contributed by atoms with Crippen LogP contribution in [0.2, 0.25) is 0 Å². The average Bonchev–Trinajstić information content (AvgIpc) is 3.85. The van der Waals surface area contributed by atoms with Crippen molar-refractivity contribution in [2.75, 3.05) is 19.5 Å². The summed E-state index contributed by atoms with van der Waals surface area (Å²) in [6, 6.07) is 11.7. The van der Waals surface area contributed by atoms with Crippen LogP contribution in [-0.2, 0) is 48.4 Å². The first-order valence-corrected chi connectivity index (χ1v) is 18.5. The number of aliphatic hydroxyl groups excluding tert-OH is 4. The fraction of sp³-hybridized carbons (Fsp3) is 0.459. The molecule has 6 heterocycles. The third-order valence-corrected chi connectivity index (χ3v) is 12.4. The van der Waals surface area contributed by atoms with Crippen molar-refractivity contribution in [3.63, 3.8) is 0 Å². The number of aliphatic hydroxyl groups is 5. The molecule has 2 bridgehead atoms. The zero-order chi connectivity index (χ0) is 36.4. The molecule has 0 aliphatic carbocycles. The summed E-state index contributed by atoms with van der Waals surface area (Å²) in [5, 5.41) is 59.2. The van der Waals surface area contributed by atoms with Gasteiger partial charge in [-0.25, -0.2) is 4.79 Å². The summed E-state index contributed by atoms with van der Waals surface area (Å²) in [5.41, 5.74) is 2.25. The minimum absolute atomic E-state index is 0.0896. The largest absolute Gasteiger partial charge is 0.467 e. The number of aromatic nitrogens is 2. The van der Waals surface area contributed by atoms with Gasteiger partial charge in [0.15, 0.2) is 12.0 Å². The first kappa shape index (κ1) is 34.0. The second kappa shape index (κ2) is 11.9. The number of ether oxygens (including phenoxy) is 4. The van der Waals surface area contributed by atoms with E-state index in [1.165, 1.54) is 7.11 Å². The van der Waals surface area contributed by atoms with Gasteiger partial charge in [-0.05, 0) is 53.6 Å². The number of methoxy groups -OCH3 is 1. The molecule has 14 nitrogen and oxygen atoms in total. The lowest BCUT2D eigenvalue weighted by Crippen LogP contribution is -2.59. The Balaban J connectivity index is 1.31. The van der Waals surface area contributed by atoms with Gasteiger partial charge in [-0.1, -0.05) is 19.1 Å². The molecule has 6 N–H and O–H groups in total. The van der Waals surface area contributed by atoms with Gasteiger partial charge in [0.1, 0.15) is 30.6 Å². The molecule has 2 saturated heterocycles. The molecular formula is C37H39N3O11S. The molecule has 0 saturated carbocycles. The predicted octanol–water partition coefficient (Wildman–Crippen LogP) is 2.22. The molecule has 0 spiro atoms. The van der Waals surface area contributed by atoms with E-state index in [-0.39, 0.29) is 25.5 Å². The van der Waals surface area contributed by atoms with Crippen LogP contribution in [0.3, 0.4) is 0 Å². The summed E-state index contributed by atoms with van der Waals surface area (Å²) in [7, 11) is 1.24. The van der Waals surface area contributed by atoms with Crippen molar-refractivity contribution >= 4 is 67.3 Å². The predicted molar refractivity (Wildman–Crippen MR) is 189 cm³/mol. The first-order chi connectivity index (χ1) is 25.0. The molecule has 3 aromatic carbocycles. The van der Waals surface area contributed by atoms with Crippen LogP contribution in [0.5, 0.6) is 0 Å². The maximum absolute atomic E-state index is 13.8. The van der Waals surface area contributed by atoms with Crippen LogP contribution in [0.4, 0.5) is 0 Å². The molecule has 4 aliphatic heterocycles. The quantitative estimate of drug-likeness (QED) is 0.128. The Bertz CT molecular complexity index is 2340. The Morgan fingerprint density at radius 1 is 1.04 bits per heavy atom. The van der Waals surface area contributed by atoms with Gasteiger partial charge in [0, 0.05) is 40.3 Å². The smallest absolute Gasteiger partial charge is 0.343 e. The number of hydrogen-bond acceptors (Lipinski definition) is 12. The van der Waals surface area contributed by atoms with Crippen molar-refractivity contribution in [3.8, 4) is 0 Å². The molecule has 9 rings (SSSR count). The van der Waals surface area contributed by atoms with Crippen LogP contribution in [0.25, 0.3) is 43.6 Å². The number of rotatable bonds is 8. The van der Waals surface area contributed by atoms with E-state index in [2.05, 4.69) is 24.4 Å². The Kier molecular flexibility index (Phi) is 7.76. The molecule has 274 valence electrons. The fourth-order valence-electron chi connectivity index (χ4n) is 8.87. The zero-order valence-corrected chi connectivity index (χ0v) is 29.5. The Hall–Kier alpha value is -3.77. The third-order valence-electron chi connectivity index (χ3n) is 11.4. The maximum atomic E-state index is 13.8. The van der Waals surface area contributed by atoms with Gasteiger partial charge < -0.3 is 58.9 Å². The first-order valence-electron chi connectivity index (χ1n) is 17.3. The number of nitrogens with one attached hydrogen (secondary N) is 1. The van der Waals surface area contributed by atoms with E-state index < -0.39 is 60.8 Å². The van der Waals surface area contributed by atoms with Gasteiger partial charge in [-0.2, -0.15) is 11.8 Å². The number of hydrogen-bond donors (Lipinski definition) is 6. The van der Waals surface area contributed by atoms with Gasteiger partial charge >= 0.3 is 5.97 Å². The number of carbonyl (C=O) groups excluding carboxylic acids is 2. The standard InChI is InChI=1S/C37H39N3O11S/c1-4-52-15-17-6-7-21-18(10-17)26-27-20(12-38-33(27)45)25-19-9-16(14-49-34-32(44)31(43)30(42)23(13-41)50-34)5-8-22(19)40-29(25)28(26)39(21)24-11-37(47,35(46)48-3)36(40,2)51-24/h5-10,23-24,30-32,34,41-44,47H,4,11-15H2,1-3H3,(H,38,45). The number of fused-ring (bicyclic) bond motifs is 13. The van der Waals surface area contributed by atoms with Gasteiger partial charge in [0.05, 0.1) is 48.0 Å². The highest BCUT2D eigenvalue weighted by Gasteiger charge is 2.66. The second-order valence-corrected chi connectivity index (χ2v) is 15.4. The summed E-state index contributed by atoms with van der Waals surface area (Å²) < 4.78 is 27.4. The number of carbonyl (C=O) groups is 2. The highest BCUT2D eigenvalue weighted by atomic mass is 32.2. The lowest BCUT2D eigenvalue weighted by molar-refractivity contribution is -0.304. The van der Waals surface area contributed by atoms with E-state index in [1.54, 1.807) is 24.8 Å². The van der Waals surface area contributed by atoms with Gasteiger partial charge in [-0.15, -0.1) is 0 Å². The van der Waals surface area contributed by atoms with Gasteiger partial charge in [0.25, 0.3) is 5.91 Å². The average molecular weight is 734 g/mol. The number of thioether (sulfide) groups is 1. The summed E-state index contributed by atoms with van der Waals surface area (Å²) in [6.07, 6.45) is -8.01. The Morgan fingerprint density at radius 3 is 2.52 bits per heavy atom. The van der Waals surface area contributed by atoms with E-state index in [0.717, 1.165) is 49.8 Å². The molecule has 8 unspecified atom stereocenters. The molecule has 0 radical (unpaired) electrons. The fourth-order valence-corrected chi connectivity index (χ4v) is 9.49. The molecule has 8 atom stereocenters. The topological polar surface area (TPSA) is 194 Å². The van der Waals surface area contributed by atoms with Crippen molar-refractivity contribution in [2.24, 2.45) is 0 Å². The van der Waals surface area contributed by atoms with Gasteiger partial charge in [0.2, 0.25) is 5.60 Å². The van der Waals surface area contributed by atoms with Crippen molar-refractivity contribution in [1.29, 1.82) is 0 Å². The summed E-state index contributed by atoms with van der Waals surface area (Å²) in [4.78, 5) is 27.4. The van der Waals surface area contributed by atoms with E-state index in [1.807, 2.05) is 27.3 Å². The number of nitrogens with zero attached hydrogens (tertiary/aromatic N) is 2. The lowest BCUT2D eigenvalue weighted by atomic mass is 9.88. The Labute approximate surface area is 300 Å². The molecule has 52 heavy (non-hydrogen) atoms. The molecule has 2 aromatic heterocycles. The molecule has 5 aromatic rings. The maximum Gasteiger partial charge on any atom is 0.343 e. The highest BCUT2D eigenvalue weighted by molar-refractivity contribution is 7.98. The minimum Gasteiger partial charge on any atom is -0.467 e. The SMILES string of the molecule is CCSCc1ccc2c(c1)c1c3c(c4c5cc(COC6OC(CO)C(O)C(O)C6O)ccc5n5c4c1n2C1CC(O)(C(=O)OC)C5(C)O1)CNC3=O. The van der Waals surface area contributed by atoms with Crippen LogP contribution in [0, 0.1) is 0 Å². The van der Waals surface area contributed by atoms with Crippen LogP contribution < -0.4 is 5.32 Å². The zero-order valence-electron chi connectivity index (χ0n) is 28.7. The minimum atomic E-state index is -2.10. The van der Waals surface area contributed by atoms with Crippen molar-refractivity contribution in [3.05, 3.63) is 58.7 Å². The van der Waals surface area contributed by atoms with Gasteiger partial charge in [-0.3, -0.25) is 4.79 Å². The van der Waals surface area contributed by atoms with E-state index in [0.29, 0.717) is 27.5 Å². The monoisotopic (exact) mass is 733 g/mol.